The van der Waals surface area contributed by atoms with E-state index in [1.807, 2.05) is 17.9 Å². The SMILES string of the molecule is C#CC1CN(C2=CN3C(=CCC(C)C(c4cc(CC)c5nc(C)cn5c4)=CC3O)C=C2)CCN1CC. The van der Waals surface area contributed by atoms with Crippen LogP contribution in [-0.2, 0) is 6.42 Å². The summed E-state index contributed by atoms with van der Waals surface area (Å²) < 4.78 is 2.13. The number of piperazine rings is 1. The third-order valence-corrected chi connectivity index (χ3v) is 7.74. The van der Waals surface area contributed by atoms with Gasteiger partial charge in [0.1, 0.15) is 5.65 Å². The number of hydrogen-bond acceptors (Lipinski definition) is 5. The number of aromatic nitrogens is 2. The highest BCUT2D eigenvalue weighted by atomic mass is 16.3. The Morgan fingerprint density at radius 1 is 1.17 bits per heavy atom. The van der Waals surface area contributed by atoms with E-state index >= 15 is 0 Å². The van der Waals surface area contributed by atoms with Crippen molar-refractivity contribution in [2.75, 3.05) is 26.2 Å². The molecule has 1 fully saturated rings. The molecule has 5 heterocycles. The number of nitrogens with zero attached hydrogens (tertiary/aromatic N) is 5. The summed E-state index contributed by atoms with van der Waals surface area (Å²) >= 11 is 0. The Kier molecular flexibility index (Phi) is 6.79. The Labute approximate surface area is 214 Å². The van der Waals surface area contributed by atoms with E-state index in [0.29, 0.717) is 0 Å². The summed E-state index contributed by atoms with van der Waals surface area (Å²) in [5, 5.41) is 11.4. The maximum Gasteiger partial charge on any atom is 0.150 e. The number of aryl methyl sites for hydroxylation is 2. The number of terminal acetylenes is 1. The van der Waals surface area contributed by atoms with E-state index in [9.17, 15) is 5.11 Å². The predicted molar refractivity (Wildman–Crippen MR) is 146 cm³/mol. The van der Waals surface area contributed by atoms with Crippen LogP contribution < -0.4 is 0 Å². The highest BCUT2D eigenvalue weighted by Gasteiger charge is 2.28. The van der Waals surface area contributed by atoms with Crippen LogP contribution in [0.2, 0.25) is 0 Å². The zero-order chi connectivity index (χ0) is 25.4. The van der Waals surface area contributed by atoms with Crippen molar-refractivity contribution in [2.24, 2.45) is 5.92 Å². The molecule has 3 unspecified atom stereocenters. The molecule has 6 heteroatoms. The van der Waals surface area contributed by atoms with Crippen molar-refractivity contribution in [3.05, 3.63) is 77.2 Å². The van der Waals surface area contributed by atoms with Gasteiger partial charge in [-0.25, -0.2) is 4.98 Å². The van der Waals surface area contributed by atoms with Gasteiger partial charge in [0, 0.05) is 43.9 Å². The van der Waals surface area contributed by atoms with Crippen LogP contribution in [0.1, 0.15) is 44.0 Å². The number of rotatable bonds is 4. The van der Waals surface area contributed by atoms with Gasteiger partial charge in [-0.3, -0.25) is 4.90 Å². The molecule has 36 heavy (non-hydrogen) atoms. The second-order valence-corrected chi connectivity index (χ2v) is 10.1. The summed E-state index contributed by atoms with van der Waals surface area (Å²) in [5.74, 6) is 3.23. The van der Waals surface area contributed by atoms with Gasteiger partial charge in [-0.2, -0.15) is 0 Å². The number of likely N-dealkylation sites (N-methyl/N-ethyl adjacent to an activating group) is 1. The quantitative estimate of drug-likeness (QED) is 0.661. The normalized spacial score (nSPS) is 25.0. The van der Waals surface area contributed by atoms with Gasteiger partial charge in [-0.1, -0.05) is 32.8 Å². The minimum absolute atomic E-state index is 0.106. The summed E-state index contributed by atoms with van der Waals surface area (Å²) in [6.07, 6.45) is 21.7. The molecule has 2 aromatic heterocycles. The molecule has 3 atom stereocenters. The van der Waals surface area contributed by atoms with Gasteiger partial charge in [0.2, 0.25) is 0 Å². The van der Waals surface area contributed by atoms with E-state index < -0.39 is 6.23 Å². The van der Waals surface area contributed by atoms with E-state index in [1.54, 1.807) is 0 Å². The molecule has 6 nitrogen and oxygen atoms in total. The monoisotopic (exact) mass is 483 g/mol. The van der Waals surface area contributed by atoms with Crippen LogP contribution in [0.15, 0.2) is 60.4 Å². The van der Waals surface area contributed by atoms with E-state index in [1.165, 1.54) is 5.56 Å². The van der Waals surface area contributed by atoms with Gasteiger partial charge in [0.05, 0.1) is 17.4 Å². The molecule has 0 saturated carbocycles. The number of fused-ring (bicyclic) bond motifs is 2. The highest BCUT2D eigenvalue weighted by molar-refractivity contribution is 5.70. The van der Waals surface area contributed by atoms with Crippen LogP contribution in [0, 0.1) is 25.2 Å². The van der Waals surface area contributed by atoms with Crippen molar-refractivity contribution >= 4 is 11.2 Å². The molecule has 1 N–H and O–H groups in total. The first-order valence-corrected chi connectivity index (χ1v) is 13.1. The number of imidazole rings is 1. The number of aliphatic hydroxyl groups excluding tert-OH is 1. The fraction of sp³-hybridized carbons (Fsp3) is 0.433. The van der Waals surface area contributed by atoms with Gasteiger partial charge in [-0.05, 0) is 73.2 Å². The lowest BCUT2D eigenvalue weighted by Gasteiger charge is -2.42. The third-order valence-electron chi connectivity index (χ3n) is 7.74. The molecular formula is C30H37N5O. The van der Waals surface area contributed by atoms with Crippen LogP contribution in [0.5, 0.6) is 0 Å². The zero-order valence-electron chi connectivity index (χ0n) is 21.9. The van der Waals surface area contributed by atoms with Gasteiger partial charge in [0.25, 0.3) is 0 Å². The van der Waals surface area contributed by atoms with E-state index in [4.69, 9.17) is 11.4 Å². The number of aliphatic hydroxyl groups is 1. The molecule has 1 saturated heterocycles. The molecule has 0 aliphatic carbocycles. The Morgan fingerprint density at radius 3 is 2.72 bits per heavy atom. The standard InChI is InChI=1S/C30H37N5O/c1-6-23-15-24(18-34-17-22(5)31-30(23)34)28-16-29(36)35-20-27(12-11-26(35)10-9-21(28)4)33-14-13-32(8-3)25(7-2)19-33/h2,10-12,15-18,20-21,25,29,36H,6,8-9,13-14,19H2,1,3-5H3. The Balaban J connectivity index is 1.47. The third kappa shape index (κ3) is 4.50. The van der Waals surface area contributed by atoms with Crippen molar-refractivity contribution in [1.82, 2.24) is 24.1 Å². The fourth-order valence-electron chi connectivity index (χ4n) is 5.62. The lowest BCUT2D eigenvalue weighted by molar-refractivity contribution is 0.0980. The van der Waals surface area contributed by atoms with Gasteiger partial charge in [0.15, 0.2) is 6.23 Å². The first kappa shape index (κ1) is 24.4. The Bertz CT molecular complexity index is 1310. The van der Waals surface area contributed by atoms with Crippen molar-refractivity contribution in [3.8, 4) is 12.3 Å². The second-order valence-electron chi connectivity index (χ2n) is 10.1. The van der Waals surface area contributed by atoms with Crippen LogP contribution in [0.25, 0.3) is 11.2 Å². The molecule has 3 aliphatic rings. The molecule has 188 valence electrons. The van der Waals surface area contributed by atoms with Crippen LogP contribution in [0.3, 0.4) is 0 Å². The molecule has 0 spiro atoms. The second kappa shape index (κ2) is 10.0. The molecule has 0 amide bonds. The molecule has 3 aliphatic heterocycles. The molecule has 0 aromatic carbocycles. The van der Waals surface area contributed by atoms with Crippen molar-refractivity contribution < 1.29 is 5.11 Å². The Morgan fingerprint density at radius 2 is 1.97 bits per heavy atom. The van der Waals surface area contributed by atoms with Crippen molar-refractivity contribution in [1.29, 1.82) is 0 Å². The van der Waals surface area contributed by atoms with Crippen LogP contribution in [-0.4, -0.2) is 67.6 Å². The van der Waals surface area contributed by atoms with Gasteiger partial charge >= 0.3 is 0 Å². The van der Waals surface area contributed by atoms with E-state index in [-0.39, 0.29) is 12.0 Å². The minimum atomic E-state index is -0.764. The molecule has 0 radical (unpaired) electrons. The smallest absolute Gasteiger partial charge is 0.150 e. The minimum Gasteiger partial charge on any atom is -0.370 e. The number of hydrogen-bond donors (Lipinski definition) is 1. The molecule has 2 aromatic rings. The number of pyridine rings is 1. The first-order valence-electron chi connectivity index (χ1n) is 13.1. The van der Waals surface area contributed by atoms with Crippen molar-refractivity contribution in [3.63, 3.8) is 0 Å². The summed E-state index contributed by atoms with van der Waals surface area (Å²) in [7, 11) is 0. The predicted octanol–water partition coefficient (Wildman–Crippen LogP) is 4.18. The molecular weight excluding hydrogens is 446 g/mol. The van der Waals surface area contributed by atoms with E-state index in [2.05, 4.69) is 83.8 Å². The zero-order valence-corrected chi connectivity index (χ0v) is 21.9. The van der Waals surface area contributed by atoms with Gasteiger partial charge < -0.3 is 19.3 Å². The van der Waals surface area contributed by atoms with E-state index in [0.717, 1.165) is 72.9 Å². The molecule has 5 rings (SSSR count). The summed E-state index contributed by atoms with van der Waals surface area (Å²) in [6.45, 7) is 12.2. The van der Waals surface area contributed by atoms with Gasteiger partial charge in [-0.15, -0.1) is 6.42 Å². The molecule has 0 bridgehead atoms. The number of allylic oxidation sites excluding steroid dienone is 4. The lowest BCUT2D eigenvalue weighted by Crippen LogP contribution is -2.52. The summed E-state index contributed by atoms with van der Waals surface area (Å²) in [6, 6.07) is 2.35. The maximum atomic E-state index is 11.4. The average Bonchev–Trinajstić information content (AvgIpc) is 3.28. The first-order chi connectivity index (χ1) is 17.4. The fourth-order valence-corrected chi connectivity index (χ4v) is 5.62. The topological polar surface area (TPSA) is 47.3 Å². The highest BCUT2D eigenvalue weighted by Crippen LogP contribution is 2.34. The lowest BCUT2D eigenvalue weighted by atomic mass is 9.89. The van der Waals surface area contributed by atoms with Crippen LogP contribution in [0.4, 0.5) is 0 Å². The maximum absolute atomic E-state index is 11.4. The Hall–Kier alpha value is -3.27. The van der Waals surface area contributed by atoms with Crippen molar-refractivity contribution in [2.45, 2.75) is 52.8 Å². The summed E-state index contributed by atoms with van der Waals surface area (Å²) in [4.78, 5) is 11.4. The van der Waals surface area contributed by atoms with Crippen LogP contribution >= 0.6 is 0 Å². The average molecular weight is 484 g/mol. The summed E-state index contributed by atoms with van der Waals surface area (Å²) in [5.41, 5.74) is 7.68. The largest absolute Gasteiger partial charge is 0.370 e.